The van der Waals surface area contributed by atoms with Crippen LogP contribution in [0.15, 0.2) is 36.7 Å². The van der Waals surface area contributed by atoms with Gasteiger partial charge >= 0.3 is 0 Å². The van der Waals surface area contributed by atoms with Gasteiger partial charge in [0.25, 0.3) is 0 Å². The van der Waals surface area contributed by atoms with Gasteiger partial charge in [-0.1, -0.05) is 19.1 Å². The van der Waals surface area contributed by atoms with Gasteiger partial charge in [-0.25, -0.2) is 4.98 Å². The van der Waals surface area contributed by atoms with E-state index in [9.17, 15) is 0 Å². The smallest absolute Gasteiger partial charge is 0.217 e. The Morgan fingerprint density at radius 1 is 1.50 bits per heavy atom. The Bertz CT molecular complexity index is 561. The summed E-state index contributed by atoms with van der Waals surface area (Å²) in [5.41, 5.74) is 2.19. The van der Waals surface area contributed by atoms with Gasteiger partial charge in [0.05, 0.1) is 0 Å². The fourth-order valence-corrected chi connectivity index (χ4v) is 2.09. The number of hydrogen-bond donors (Lipinski definition) is 1. The molecule has 0 saturated heterocycles. The van der Waals surface area contributed by atoms with Crippen molar-refractivity contribution in [1.82, 2.24) is 14.9 Å². The monoisotopic (exact) mass is 240 g/mol. The SMILES string of the molecule is CCC(NC)c1cccc(-n2ccnc2C#N)c1. The van der Waals surface area contributed by atoms with Crippen LogP contribution in [0.4, 0.5) is 0 Å². The Hall–Kier alpha value is -2.12. The molecule has 2 aromatic rings. The van der Waals surface area contributed by atoms with Gasteiger partial charge in [0.2, 0.25) is 5.82 Å². The molecule has 1 unspecified atom stereocenters. The van der Waals surface area contributed by atoms with Gasteiger partial charge in [0.1, 0.15) is 6.07 Å². The predicted molar refractivity (Wildman–Crippen MR) is 70.4 cm³/mol. The summed E-state index contributed by atoms with van der Waals surface area (Å²) in [4.78, 5) is 4.01. The van der Waals surface area contributed by atoms with Gasteiger partial charge in [-0.05, 0) is 31.2 Å². The minimum absolute atomic E-state index is 0.332. The van der Waals surface area contributed by atoms with Crippen molar-refractivity contribution in [1.29, 1.82) is 5.26 Å². The molecule has 0 radical (unpaired) electrons. The van der Waals surface area contributed by atoms with E-state index in [0.29, 0.717) is 11.9 Å². The van der Waals surface area contributed by atoms with Gasteiger partial charge in [0.15, 0.2) is 0 Å². The molecular formula is C14H16N4. The first kappa shape index (κ1) is 12.3. The molecule has 1 aromatic carbocycles. The summed E-state index contributed by atoms with van der Waals surface area (Å²) < 4.78 is 1.80. The zero-order valence-corrected chi connectivity index (χ0v) is 10.6. The lowest BCUT2D eigenvalue weighted by Crippen LogP contribution is -2.15. The van der Waals surface area contributed by atoms with Gasteiger partial charge < -0.3 is 5.32 Å². The lowest BCUT2D eigenvalue weighted by Gasteiger charge is -2.15. The van der Waals surface area contributed by atoms with Crippen LogP contribution in [0.5, 0.6) is 0 Å². The highest BCUT2D eigenvalue weighted by Gasteiger charge is 2.09. The normalized spacial score (nSPS) is 12.1. The van der Waals surface area contributed by atoms with Gasteiger partial charge in [-0.15, -0.1) is 0 Å². The largest absolute Gasteiger partial charge is 0.313 e. The number of hydrogen-bond acceptors (Lipinski definition) is 3. The van der Waals surface area contributed by atoms with Crippen LogP contribution in [0.25, 0.3) is 5.69 Å². The third-order valence-electron chi connectivity index (χ3n) is 3.05. The predicted octanol–water partition coefficient (Wildman–Crippen LogP) is 2.41. The molecule has 1 N–H and O–H groups in total. The molecule has 18 heavy (non-hydrogen) atoms. The number of imidazole rings is 1. The van der Waals surface area contributed by atoms with E-state index in [4.69, 9.17) is 5.26 Å². The molecule has 4 heteroatoms. The first-order valence-electron chi connectivity index (χ1n) is 6.01. The van der Waals surface area contributed by atoms with Crippen molar-refractivity contribution in [3.05, 3.63) is 48.0 Å². The average molecular weight is 240 g/mol. The summed E-state index contributed by atoms with van der Waals surface area (Å²) in [5.74, 6) is 0.407. The van der Waals surface area contributed by atoms with Gasteiger partial charge in [0, 0.05) is 24.1 Å². The third-order valence-corrected chi connectivity index (χ3v) is 3.05. The van der Waals surface area contributed by atoms with Crippen LogP contribution in [-0.4, -0.2) is 16.6 Å². The number of nitriles is 1. The highest BCUT2D eigenvalue weighted by molar-refractivity contribution is 5.40. The molecule has 0 saturated carbocycles. The molecule has 1 atom stereocenters. The molecule has 92 valence electrons. The molecule has 0 aliphatic heterocycles. The zero-order chi connectivity index (χ0) is 13.0. The van der Waals surface area contributed by atoms with Crippen molar-refractivity contribution >= 4 is 0 Å². The summed E-state index contributed by atoms with van der Waals surface area (Å²) in [6.45, 7) is 2.14. The minimum atomic E-state index is 0.332. The molecule has 1 heterocycles. The Morgan fingerprint density at radius 2 is 2.33 bits per heavy atom. The van der Waals surface area contributed by atoms with Crippen molar-refractivity contribution in [2.24, 2.45) is 0 Å². The first-order valence-corrected chi connectivity index (χ1v) is 6.01. The van der Waals surface area contributed by atoms with E-state index in [1.807, 2.05) is 19.2 Å². The fraction of sp³-hybridized carbons (Fsp3) is 0.286. The number of benzene rings is 1. The van der Waals surface area contributed by atoms with Crippen molar-refractivity contribution in [3.8, 4) is 11.8 Å². The van der Waals surface area contributed by atoms with Crippen molar-refractivity contribution in [3.63, 3.8) is 0 Å². The maximum Gasteiger partial charge on any atom is 0.217 e. The van der Waals surface area contributed by atoms with E-state index in [0.717, 1.165) is 12.1 Å². The Morgan fingerprint density at radius 3 is 3.00 bits per heavy atom. The summed E-state index contributed by atoms with van der Waals surface area (Å²) in [7, 11) is 1.96. The van der Waals surface area contributed by atoms with E-state index in [1.165, 1.54) is 5.56 Å². The van der Waals surface area contributed by atoms with E-state index in [-0.39, 0.29) is 0 Å². The molecule has 1 aromatic heterocycles. The van der Waals surface area contributed by atoms with Crippen LogP contribution in [0.3, 0.4) is 0 Å². The van der Waals surface area contributed by atoms with Crippen LogP contribution in [0.2, 0.25) is 0 Å². The molecule has 0 amide bonds. The van der Waals surface area contributed by atoms with E-state index < -0.39 is 0 Å². The standard InChI is InChI=1S/C14H16N4/c1-3-13(16-2)11-5-4-6-12(9-11)18-8-7-17-14(18)10-15/h4-9,13,16H,3H2,1-2H3. The molecule has 0 spiro atoms. The molecule has 0 aliphatic rings. The molecule has 0 aliphatic carbocycles. The summed E-state index contributed by atoms with van der Waals surface area (Å²) in [6.07, 6.45) is 4.47. The lowest BCUT2D eigenvalue weighted by atomic mass is 10.0. The van der Waals surface area contributed by atoms with Crippen molar-refractivity contribution < 1.29 is 0 Å². The van der Waals surface area contributed by atoms with Crippen LogP contribution in [0, 0.1) is 11.3 Å². The third kappa shape index (κ3) is 2.27. The Balaban J connectivity index is 2.42. The summed E-state index contributed by atoms with van der Waals surface area (Å²) in [6, 6.07) is 10.6. The zero-order valence-electron chi connectivity index (χ0n) is 10.6. The average Bonchev–Trinajstić information content (AvgIpc) is 2.89. The van der Waals surface area contributed by atoms with Crippen LogP contribution >= 0.6 is 0 Å². The molecular weight excluding hydrogens is 224 g/mol. The van der Waals surface area contributed by atoms with E-state index in [2.05, 4.69) is 35.4 Å². The molecule has 0 fully saturated rings. The van der Waals surface area contributed by atoms with Crippen LogP contribution in [-0.2, 0) is 0 Å². The Kier molecular flexibility index (Phi) is 3.75. The van der Waals surface area contributed by atoms with Crippen LogP contribution < -0.4 is 5.32 Å². The number of nitrogens with one attached hydrogen (secondary N) is 1. The molecule has 0 bridgehead atoms. The second-order valence-corrected chi connectivity index (χ2v) is 4.08. The second kappa shape index (κ2) is 5.48. The second-order valence-electron chi connectivity index (χ2n) is 4.08. The van der Waals surface area contributed by atoms with Gasteiger partial charge in [-0.2, -0.15) is 5.26 Å². The Labute approximate surface area is 107 Å². The number of rotatable bonds is 4. The minimum Gasteiger partial charge on any atom is -0.313 e. The van der Waals surface area contributed by atoms with Crippen LogP contribution in [0.1, 0.15) is 30.8 Å². The highest BCUT2D eigenvalue weighted by Crippen LogP contribution is 2.20. The molecule has 4 nitrogen and oxygen atoms in total. The molecule has 2 rings (SSSR count). The van der Waals surface area contributed by atoms with E-state index >= 15 is 0 Å². The first-order chi connectivity index (χ1) is 8.80. The summed E-state index contributed by atoms with van der Waals surface area (Å²) >= 11 is 0. The number of nitrogens with zero attached hydrogens (tertiary/aromatic N) is 3. The van der Waals surface area contributed by atoms with Crippen molar-refractivity contribution in [2.45, 2.75) is 19.4 Å². The highest BCUT2D eigenvalue weighted by atomic mass is 15.1. The maximum atomic E-state index is 8.99. The van der Waals surface area contributed by atoms with Crippen molar-refractivity contribution in [2.75, 3.05) is 7.05 Å². The van der Waals surface area contributed by atoms with Gasteiger partial charge in [-0.3, -0.25) is 4.57 Å². The maximum absolute atomic E-state index is 8.99. The summed E-state index contributed by atoms with van der Waals surface area (Å²) in [5, 5.41) is 12.3. The lowest BCUT2D eigenvalue weighted by molar-refractivity contribution is 0.576. The fourth-order valence-electron chi connectivity index (χ4n) is 2.09. The quantitative estimate of drug-likeness (QED) is 0.892. The van der Waals surface area contributed by atoms with E-state index in [1.54, 1.807) is 17.0 Å². The topological polar surface area (TPSA) is 53.6 Å². The number of aromatic nitrogens is 2.